The van der Waals surface area contributed by atoms with Crippen LogP contribution in [0.15, 0.2) is 24.3 Å². The number of nitrogens with one attached hydrogen (secondary N) is 1. The predicted molar refractivity (Wildman–Crippen MR) is 80.3 cm³/mol. The lowest BCUT2D eigenvalue weighted by molar-refractivity contribution is -0.142. The third-order valence-electron chi connectivity index (χ3n) is 3.57. The molecule has 7 heteroatoms. The number of benzene rings is 1. The second-order valence-electron chi connectivity index (χ2n) is 5.30. The number of amides is 1. The molecule has 21 heavy (non-hydrogen) atoms. The largest absolute Gasteiger partial charge is 0.480 e. The lowest BCUT2D eigenvalue weighted by Crippen LogP contribution is -2.50. The van der Waals surface area contributed by atoms with Crippen molar-refractivity contribution in [2.45, 2.75) is 18.4 Å². The molecule has 1 aromatic rings. The highest BCUT2D eigenvalue weighted by Gasteiger charge is 2.40. The summed E-state index contributed by atoms with van der Waals surface area (Å²) >= 11 is 5.84. The van der Waals surface area contributed by atoms with Gasteiger partial charge in [0.25, 0.3) is 0 Å². The monoisotopic (exact) mass is 311 g/mol. The van der Waals surface area contributed by atoms with Crippen LogP contribution in [-0.4, -0.2) is 47.1 Å². The lowest BCUT2D eigenvalue weighted by atomic mass is 10.0. The molecule has 1 aliphatic heterocycles. The van der Waals surface area contributed by atoms with Gasteiger partial charge in [0.1, 0.15) is 5.54 Å². The number of carbonyl (C=O) groups excluding carboxylic acids is 1. The maximum Gasteiger partial charge on any atom is 0.325 e. The van der Waals surface area contributed by atoms with E-state index >= 15 is 0 Å². The number of rotatable bonds is 5. The number of likely N-dealkylation sites (tertiary alicyclic amines) is 1. The fraction of sp³-hybridized carbons (Fsp3) is 0.429. The van der Waals surface area contributed by atoms with E-state index in [0.29, 0.717) is 30.2 Å². The summed E-state index contributed by atoms with van der Waals surface area (Å²) in [6.07, 6.45) is 0.681. The van der Waals surface area contributed by atoms with Crippen LogP contribution in [0.1, 0.15) is 12.8 Å². The molecule has 0 aliphatic carbocycles. The van der Waals surface area contributed by atoms with E-state index in [1.54, 1.807) is 24.3 Å². The number of carboxylic acid groups (broad SMARTS) is 1. The number of hydrogen-bond donors (Lipinski definition) is 3. The first-order valence-electron chi connectivity index (χ1n) is 6.69. The summed E-state index contributed by atoms with van der Waals surface area (Å²) in [4.78, 5) is 24.8. The maximum absolute atomic E-state index is 11.8. The van der Waals surface area contributed by atoms with Gasteiger partial charge in [0.15, 0.2) is 0 Å². The Hall–Kier alpha value is -1.63. The SMILES string of the molecule is NC1(C(=O)O)CCN(CCC(=O)Nc2cccc(Cl)c2)C1. The molecule has 0 aromatic heterocycles. The lowest BCUT2D eigenvalue weighted by Gasteiger charge is -2.19. The highest BCUT2D eigenvalue weighted by molar-refractivity contribution is 6.30. The number of anilines is 1. The third-order valence-corrected chi connectivity index (χ3v) is 3.80. The molecule has 1 amide bonds. The number of nitrogens with two attached hydrogens (primary N) is 1. The molecule has 1 heterocycles. The molecule has 114 valence electrons. The molecular formula is C14H18ClN3O3. The van der Waals surface area contributed by atoms with Crippen molar-refractivity contribution in [3.8, 4) is 0 Å². The molecule has 2 rings (SSSR count). The van der Waals surface area contributed by atoms with Gasteiger partial charge in [-0.05, 0) is 24.6 Å². The van der Waals surface area contributed by atoms with Crippen molar-refractivity contribution in [1.29, 1.82) is 0 Å². The summed E-state index contributed by atoms with van der Waals surface area (Å²) < 4.78 is 0. The van der Waals surface area contributed by atoms with Gasteiger partial charge >= 0.3 is 5.97 Å². The molecule has 0 spiro atoms. The minimum Gasteiger partial charge on any atom is -0.480 e. The van der Waals surface area contributed by atoms with Crippen LogP contribution in [-0.2, 0) is 9.59 Å². The number of carboxylic acids is 1. The first-order valence-corrected chi connectivity index (χ1v) is 7.07. The number of nitrogens with zero attached hydrogens (tertiary/aromatic N) is 1. The quantitative estimate of drug-likeness (QED) is 0.758. The van der Waals surface area contributed by atoms with E-state index in [2.05, 4.69) is 5.32 Å². The van der Waals surface area contributed by atoms with Gasteiger partial charge in [0, 0.05) is 36.8 Å². The van der Waals surface area contributed by atoms with Gasteiger partial charge in [-0.3, -0.25) is 9.59 Å². The Morgan fingerprint density at radius 1 is 1.48 bits per heavy atom. The van der Waals surface area contributed by atoms with Crippen molar-refractivity contribution in [1.82, 2.24) is 4.90 Å². The molecule has 1 aliphatic rings. The van der Waals surface area contributed by atoms with E-state index in [-0.39, 0.29) is 18.9 Å². The molecular weight excluding hydrogens is 294 g/mol. The summed E-state index contributed by atoms with van der Waals surface area (Å²) in [6, 6.07) is 6.92. The van der Waals surface area contributed by atoms with Crippen LogP contribution in [0, 0.1) is 0 Å². The summed E-state index contributed by atoms with van der Waals surface area (Å²) in [6.45, 7) is 1.35. The Bertz CT molecular complexity index is 552. The van der Waals surface area contributed by atoms with E-state index in [9.17, 15) is 9.59 Å². The van der Waals surface area contributed by atoms with Gasteiger partial charge < -0.3 is 21.1 Å². The van der Waals surface area contributed by atoms with Crippen molar-refractivity contribution in [2.75, 3.05) is 25.0 Å². The number of aliphatic carboxylic acids is 1. The summed E-state index contributed by atoms with van der Waals surface area (Å²) in [5, 5.41) is 12.4. The zero-order valence-corrected chi connectivity index (χ0v) is 12.3. The van der Waals surface area contributed by atoms with Crippen molar-refractivity contribution in [3.63, 3.8) is 0 Å². The van der Waals surface area contributed by atoms with E-state index < -0.39 is 11.5 Å². The smallest absolute Gasteiger partial charge is 0.325 e. The van der Waals surface area contributed by atoms with Crippen LogP contribution in [0.3, 0.4) is 0 Å². The minimum atomic E-state index is -1.19. The van der Waals surface area contributed by atoms with Crippen LogP contribution in [0.5, 0.6) is 0 Å². The second kappa shape index (κ2) is 6.43. The van der Waals surface area contributed by atoms with E-state index in [1.807, 2.05) is 4.90 Å². The van der Waals surface area contributed by atoms with Crippen molar-refractivity contribution in [2.24, 2.45) is 5.73 Å². The van der Waals surface area contributed by atoms with Crippen LogP contribution in [0.2, 0.25) is 5.02 Å². The first-order chi connectivity index (χ1) is 9.89. The van der Waals surface area contributed by atoms with E-state index in [1.165, 1.54) is 0 Å². The average Bonchev–Trinajstić information content (AvgIpc) is 2.80. The maximum atomic E-state index is 11.8. The predicted octanol–water partition coefficient (Wildman–Crippen LogP) is 1.16. The van der Waals surface area contributed by atoms with Crippen LogP contribution < -0.4 is 11.1 Å². The molecule has 1 unspecified atom stereocenters. The summed E-state index contributed by atoms with van der Waals surface area (Å²) in [7, 11) is 0. The molecule has 0 saturated carbocycles. The van der Waals surface area contributed by atoms with Crippen LogP contribution in [0.4, 0.5) is 5.69 Å². The van der Waals surface area contributed by atoms with Gasteiger partial charge in [-0.2, -0.15) is 0 Å². The summed E-state index contributed by atoms with van der Waals surface area (Å²) in [5.74, 6) is -1.13. The van der Waals surface area contributed by atoms with Gasteiger partial charge in [0.2, 0.25) is 5.91 Å². The molecule has 6 nitrogen and oxygen atoms in total. The Kier molecular flexibility index (Phi) is 4.82. The van der Waals surface area contributed by atoms with Crippen molar-refractivity contribution in [3.05, 3.63) is 29.3 Å². The Labute approximate surface area is 127 Å². The topological polar surface area (TPSA) is 95.7 Å². The molecule has 1 fully saturated rings. The zero-order chi connectivity index (χ0) is 15.5. The second-order valence-corrected chi connectivity index (χ2v) is 5.73. The van der Waals surface area contributed by atoms with Crippen LogP contribution in [0.25, 0.3) is 0 Å². The Morgan fingerprint density at radius 2 is 2.24 bits per heavy atom. The molecule has 0 radical (unpaired) electrons. The van der Waals surface area contributed by atoms with Crippen LogP contribution >= 0.6 is 11.6 Å². The van der Waals surface area contributed by atoms with Gasteiger partial charge in [-0.25, -0.2) is 0 Å². The molecule has 1 saturated heterocycles. The third kappa shape index (κ3) is 4.17. The molecule has 4 N–H and O–H groups in total. The van der Waals surface area contributed by atoms with Gasteiger partial charge in [-0.15, -0.1) is 0 Å². The zero-order valence-electron chi connectivity index (χ0n) is 11.5. The Balaban J connectivity index is 1.79. The van der Waals surface area contributed by atoms with Crippen molar-refractivity contribution < 1.29 is 14.7 Å². The van der Waals surface area contributed by atoms with E-state index in [0.717, 1.165) is 0 Å². The fourth-order valence-electron chi connectivity index (χ4n) is 2.33. The van der Waals surface area contributed by atoms with Gasteiger partial charge in [-0.1, -0.05) is 17.7 Å². The number of hydrogen-bond acceptors (Lipinski definition) is 4. The number of carbonyl (C=O) groups is 2. The Morgan fingerprint density at radius 3 is 2.86 bits per heavy atom. The minimum absolute atomic E-state index is 0.137. The first kappa shape index (κ1) is 15.8. The van der Waals surface area contributed by atoms with E-state index in [4.69, 9.17) is 22.4 Å². The molecule has 1 aromatic carbocycles. The highest BCUT2D eigenvalue weighted by atomic mass is 35.5. The highest BCUT2D eigenvalue weighted by Crippen LogP contribution is 2.19. The van der Waals surface area contributed by atoms with Gasteiger partial charge in [0.05, 0.1) is 0 Å². The average molecular weight is 312 g/mol. The standard InChI is InChI=1S/C14H18ClN3O3/c15-10-2-1-3-11(8-10)17-12(19)4-6-18-7-5-14(16,9-18)13(20)21/h1-3,8H,4-7,9,16H2,(H,17,19)(H,20,21). The number of halogens is 1. The summed E-state index contributed by atoms with van der Waals surface area (Å²) in [5.41, 5.74) is 5.24. The molecule has 0 bridgehead atoms. The normalized spacial score (nSPS) is 22.2. The van der Waals surface area contributed by atoms with Crippen molar-refractivity contribution >= 4 is 29.2 Å². The molecule has 1 atom stereocenters. The fourth-order valence-corrected chi connectivity index (χ4v) is 2.52.